The van der Waals surface area contributed by atoms with E-state index in [1.807, 2.05) is 13.8 Å². The Morgan fingerprint density at radius 1 is 1.32 bits per heavy atom. The number of H-pyrrole nitrogens is 1. The number of carboxylic acids is 1. The zero-order valence-electron chi connectivity index (χ0n) is 15.2. The number of carbonyl (C=O) groups excluding carboxylic acids is 1. The molecule has 0 aromatic carbocycles. The van der Waals surface area contributed by atoms with Gasteiger partial charge in [-0.25, -0.2) is 4.98 Å². The zero-order chi connectivity index (χ0) is 18.9. The lowest BCUT2D eigenvalue weighted by Gasteiger charge is -2.25. The summed E-state index contributed by atoms with van der Waals surface area (Å²) in [6.07, 6.45) is 0.585. The van der Waals surface area contributed by atoms with Gasteiger partial charge in [0.05, 0.1) is 5.39 Å². The van der Waals surface area contributed by atoms with Gasteiger partial charge in [-0.05, 0) is 45.2 Å². The fourth-order valence-corrected chi connectivity index (χ4v) is 3.10. The molecule has 0 aliphatic carbocycles. The normalized spacial score (nSPS) is 11.3. The molecule has 8 nitrogen and oxygen atoms in total. The van der Waals surface area contributed by atoms with Crippen LogP contribution in [-0.4, -0.2) is 49.2 Å². The van der Waals surface area contributed by atoms with Crippen molar-refractivity contribution in [1.29, 1.82) is 0 Å². The molecule has 0 saturated heterocycles. The minimum absolute atomic E-state index is 0.172. The van der Waals surface area contributed by atoms with E-state index in [-0.39, 0.29) is 30.5 Å². The summed E-state index contributed by atoms with van der Waals surface area (Å²) in [7, 11) is 1.73. The van der Waals surface area contributed by atoms with E-state index >= 15 is 0 Å². The van der Waals surface area contributed by atoms with Crippen molar-refractivity contribution in [3.63, 3.8) is 0 Å². The predicted molar refractivity (Wildman–Crippen MR) is 93.6 cm³/mol. The van der Waals surface area contributed by atoms with Crippen molar-refractivity contribution < 1.29 is 14.7 Å². The van der Waals surface area contributed by atoms with Gasteiger partial charge in [-0.2, -0.15) is 0 Å². The molecule has 136 valence electrons. The molecule has 0 radical (unpaired) electrons. The molecule has 1 amide bonds. The second-order valence-corrected chi connectivity index (χ2v) is 6.51. The first kappa shape index (κ1) is 18.7. The van der Waals surface area contributed by atoms with Gasteiger partial charge in [0.25, 0.3) is 5.56 Å². The molecule has 2 aromatic heterocycles. The van der Waals surface area contributed by atoms with Crippen LogP contribution in [0.15, 0.2) is 4.79 Å². The van der Waals surface area contributed by atoms with E-state index < -0.39 is 5.97 Å². The van der Waals surface area contributed by atoms with Crippen LogP contribution in [0, 0.1) is 13.8 Å². The molecule has 2 N–H and O–H groups in total. The largest absolute Gasteiger partial charge is 0.480 e. The minimum atomic E-state index is -1.03. The molecule has 0 unspecified atom stereocenters. The molecular weight excluding hydrogens is 324 g/mol. The number of aromatic nitrogens is 3. The maximum atomic E-state index is 12.4. The average molecular weight is 348 g/mol. The number of rotatable bonds is 6. The van der Waals surface area contributed by atoms with Gasteiger partial charge in [-0.3, -0.25) is 24.2 Å². The van der Waals surface area contributed by atoms with Crippen molar-refractivity contribution in [1.82, 2.24) is 19.7 Å². The standard InChI is InChI=1S/C17H24N4O4/c1-9(2)21(8-14(23)24)13(22)7-6-12-10(3)15-16(18-11(12)4)20(5)19-17(15)25/h9H,6-8H2,1-5H3,(H,19,25)(H,23,24). The number of amides is 1. The van der Waals surface area contributed by atoms with E-state index in [4.69, 9.17) is 5.11 Å². The fourth-order valence-electron chi connectivity index (χ4n) is 3.10. The number of aryl methyl sites for hydroxylation is 3. The summed E-state index contributed by atoms with van der Waals surface area (Å²) in [6.45, 7) is 6.96. The van der Waals surface area contributed by atoms with E-state index in [0.29, 0.717) is 17.5 Å². The molecule has 0 spiro atoms. The number of carbonyl (C=O) groups is 2. The van der Waals surface area contributed by atoms with E-state index in [2.05, 4.69) is 10.1 Å². The third kappa shape index (κ3) is 3.72. The van der Waals surface area contributed by atoms with Crippen molar-refractivity contribution in [3.05, 3.63) is 27.2 Å². The quantitative estimate of drug-likeness (QED) is 0.813. The number of pyridine rings is 1. The Morgan fingerprint density at radius 3 is 2.52 bits per heavy atom. The molecule has 2 heterocycles. The Morgan fingerprint density at radius 2 is 1.96 bits per heavy atom. The molecule has 0 aliphatic rings. The highest BCUT2D eigenvalue weighted by Gasteiger charge is 2.21. The number of nitrogens with zero attached hydrogens (tertiary/aromatic N) is 3. The molecule has 0 bridgehead atoms. The molecule has 0 aliphatic heterocycles. The molecule has 2 rings (SSSR count). The molecule has 0 atom stereocenters. The molecule has 0 saturated carbocycles. The Kier molecular flexibility index (Phi) is 5.30. The topological polar surface area (TPSA) is 108 Å². The number of aliphatic carboxylic acids is 1. The number of hydrogen-bond acceptors (Lipinski definition) is 4. The second kappa shape index (κ2) is 7.08. The van der Waals surface area contributed by atoms with Crippen LogP contribution in [0.3, 0.4) is 0 Å². The number of nitrogens with one attached hydrogen (secondary N) is 1. The van der Waals surface area contributed by atoms with Gasteiger partial charge < -0.3 is 10.0 Å². The molecule has 25 heavy (non-hydrogen) atoms. The summed E-state index contributed by atoms with van der Waals surface area (Å²) in [4.78, 5) is 41.3. The Bertz CT molecular complexity index is 879. The lowest BCUT2D eigenvalue weighted by atomic mass is 10.00. The molecule has 8 heteroatoms. The Balaban J connectivity index is 2.29. The molecule has 2 aromatic rings. The fraction of sp³-hybridized carbons (Fsp3) is 0.529. The van der Waals surface area contributed by atoms with E-state index in [1.54, 1.807) is 25.6 Å². The summed E-state index contributed by atoms with van der Waals surface area (Å²) in [5.41, 5.74) is 2.82. The Labute approximate surface area is 145 Å². The first-order chi connectivity index (χ1) is 11.6. The Hall–Kier alpha value is -2.64. The van der Waals surface area contributed by atoms with Crippen LogP contribution in [0.2, 0.25) is 0 Å². The lowest BCUT2D eigenvalue weighted by molar-refractivity contribution is -0.145. The van der Waals surface area contributed by atoms with Crippen molar-refractivity contribution in [2.45, 2.75) is 46.6 Å². The van der Waals surface area contributed by atoms with E-state index in [0.717, 1.165) is 16.8 Å². The zero-order valence-corrected chi connectivity index (χ0v) is 15.2. The number of fused-ring (bicyclic) bond motifs is 1. The third-order valence-electron chi connectivity index (χ3n) is 4.41. The third-order valence-corrected chi connectivity index (χ3v) is 4.41. The van der Waals surface area contributed by atoms with Gasteiger partial charge in [0, 0.05) is 25.2 Å². The number of carboxylic acid groups (broad SMARTS) is 1. The van der Waals surface area contributed by atoms with Crippen LogP contribution in [0.1, 0.15) is 37.1 Å². The lowest BCUT2D eigenvalue weighted by Crippen LogP contribution is -2.40. The minimum Gasteiger partial charge on any atom is -0.480 e. The van der Waals surface area contributed by atoms with Gasteiger partial charge in [0.15, 0.2) is 5.65 Å². The van der Waals surface area contributed by atoms with Crippen molar-refractivity contribution in [2.75, 3.05) is 6.54 Å². The second-order valence-electron chi connectivity index (χ2n) is 6.51. The van der Waals surface area contributed by atoms with Gasteiger partial charge >= 0.3 is 5.97 Å². The van der Waals surface area contributed by atoms with Gasteiger partial charge in [-0.15, -0.1) is 0 Å². The first-order valence-electron chi connectivity index (χ1n) is 8.19. The summed E-state index contributed by atoms with van der Waals surface area (Å²) >= 11 is 0. The number of aromatic amines is 1. The van der Waals surface area contributed by atoms with Crippen molar-refractivity contribution in [3.8, 4) is 0 Å². The van der Waals surface area contributed by atoms with Gasteiger partial charge in [0.2, 0.25) is 5.91 Å². The van der Waals surface area contributed by atoms with Gasteiger partial charge in [0.1, 0.15) is 6.54 Å². The highest BCUT2D eigenvalue weighted by Crippen LogP contribution is 2.21. The van der Waals surface area contributed by atoms with E-state index in [1.165, 1.54) is 4.90 Å². The SMILES string of the molecule is Cc1nc2c(c(C)c1CCC(=O)N(CC(=O)O)C(C)C)c(=O)[nH]n2C. The summed E-state index contributed by atoms with van der Waals surface area (Å²) < 4.78 is 1.58. The maximum absolute atomic E-state index is 12.4. The van der Waals surface area contributed by atoms with E-state index in [9.17, 15) is 14.4 Å². The molecular formula is C17H24N4O4. The summed E-state index contributed by atoms with van der Waals surface area (Å²) in [5.74, 6) is -1.26. The van der Waals surface area contributed by atoms with Crippen LogP contribution in [0.5, 0.6) is 0 Å². The highest BCUT2D eigenvalue weighted by atomic mass is 16.4. The van der Waals surface area contributed by atoms with Crippen molar-refractivity contribution >= 4 is 22.9 Å². The van der Waals surface area contributed by atoms with Crippen LogP contribution in [-0.2, 0) is 23.1 Å². The van der Waals surface area contributed by atoms with Gasteiger partial charge in [-0.1, -0.05) is 0 Å². The summed E-state index contributed by atoms with van der Waals surface area (Å²) in [5, 5.41) is 12.2. The smallest absolute Gasteiger partial charge is 0.323 e. The predicted octanol–water partition coefficient (Wildman–Crippen LogP) is 1.13. The average Bonchev–Trinajstić information content (AvgIpc) is 2.78. The van der Waals surface area contributed by atoms with Crippen LogP contribution in [0.4, 0.5) is 0 Å². The van der Waals surface area contributed by atoms with Crippen LogP contribution < -0.4 is 5.56 Å². The van der Waals surface area contributed by atoms with Crippen LogP contribution >= 0.6 is 0 Å². The molecule has 0 fully saturated rings. The maximum Gasteiger partial charge on any atom is 0.323 e. The summed E-state index contributed by atoms with van der Waals surface area (Å²) in [6, 6.07) is -0.191. The van der Waals surface area contributed by atoms with Crippen molar-refractivity contribution in [2.24, 2.45) is 7.05 Å². The van der Waals surface area contributed by atoms with Crippen LogP contribution in [0.25, 0.3) is 11.0 Å². The first-order valence-corrected chi connectivity index (χ1v) is 8.19. The highest BCUT2D eigenvalue weighted by molar-refractivity contribution is 5.83. The monoisotopic (exact) mass is 348 g/mol. The number of hydrogen-bond donors (Lipinski definition) is 2.